The maximum absolute atomic E-state index is 15.4. The fourth-order valence-electron chi connectivity index (χ4n) is 4.70. The number of thiazole rings is 1. The molecule has 184 valence electrons. The second-order valence-electron chi connectivity index (χ2n) is 9.57. The SMILES string of the molecule is Cc1ncc(-c2ccc3c(c2)CC(C)N(CC(C)(C)F)[C@H]3c2c(F)cc(/C=C/C(=O)O)cc2F)s1. The molecule has 35 heavy (non-hydrogen) atoms. The molecule has 0 bridgehead atoms. The summed E-state index contributed by atoms with van der Waals surface area (Å²) in [5, 5.41) is 9.79. The number of alkyl halides is 1. The summed E-state index contributed by atoms with van der Waals surface area (Å²) in [5.41, 5.74) is 1.01. The van der Waals surface area contributed by atoms with E-state index in [1.807, 2.05) is 43.1 Å². The van der Waals surface area contributed by atoms with E-state index >= 15 is 8.78 Å². The lowest BCUT2D eigenvalue weighted by atomic mass is 9.83. The Kier molecular flexibility index (Phi) is 6.88. The Morgan fingerprint density at radius 3 is 2.51 bits per heavy atom. The Bertz CT molecular complexity index is 1270. The standard InChI is InChI=1S/C27H27F3N2O2S/c1-15-9-19-12-18(23-13-31-16(2)35-23)6-7-20(19)26(32(15)14-27(3,4)30)25-21(28)10-17(11-22(25)29)5-8-24(33)34/h5-8,10-13,15,26H,9,14H2,1-4H3,(H,33,34)/b8-5+/t15?,26-/m1/s1. The summed E-state index contributed by atoms with van der Waals surface area (Å²) < 4.78 is 45.7. The van der Waals surface area contributed by atoms with Gasteiger partial charge in [-0.1, -0.05) is 12.1 Å². The van der Waals surface area contributed by atoms with Crippen LogP contribution in [0.3, 0.4) is 0 Å². The van der Waals surface area contributed by atoms with Gasteiger partial charge in [0.25, 0.3) is 0 Å². The van der Waals surface area contributed by atoms with Gasteiger partial charge in [0.15, 0.2) is 0 Å². The third-order valence-corrected chi connectivity index (χ3v) is 7.07. The van der Waals surface area contributed by atoms with Crippen LogP contribution in [0.15, 0.2) is 42.6 Å². The zero-order chi connectivity index (χ0) is 25.5. The number of carboxylic acids is 1. The van der Waals surface area contributed by atoms with Gasteiger partial charge in [-0.15, -0.1) is 11.3 Å². The van der Waals surface area contributed by atoms with Crippen molar-refractivity contribution in [1.82, 2.24) is 9.88 Å². The van der Waals surface area contributed by atoms with Gasteiger partial charge < -0.3 is 5.11 Å². The smallest absolute Gasteiger partial charge is 0.328 e. The number of aryl methyl sites for hydroxylation is 1. The molecule has 3 aromatic rings. The molecule has 8 heteroatoms. The highest BCUT2D eigenvalue weighted by Gasteiger charge is 2.39. The monoisotopic (exact) mass is 500 g/mol. The molecule has 1 aliphatic heterocycles. The fraction of sp³-hybridized carbons (Fsp3) is 0.333. The van der Waals surface area contributed by atoms with E-state index in [0.29, 0.717) is 6.42 Å². The van der Waals surface area contributed by atoms with Crippen molar-refractivity contribution in [2.75, 3.05) is 6.54 Å². The second-order valence-corrected chi connectivity index (χ2v) is 10.8. The van der Waals surface area contributed by atoms with Crippen LogP contribution in [0.25, 0.3) is 16.5 Å². The largest absolute Gasteiger partial charge is 0.478 e. The van der Waals surface area contributed by atoms with E-state index in [1.54, 1.807) is 11.3 Å². The third kappa shape index (κ3) is 5.49. The molecule has 1 aliphatic rings. The van der Waals surface area contributed by atoms with Gasteiger partial charge >= 0.3 is 5.97 Å². The van der Waals surface area contributed by atoms with Crippen molar-refractivity contribution in [3.8, 4) is 10.4 Å². The number of rotatable bonds is 6. The molecule has 4 nitrogen and oxygen atoms in total. The molecular formula is C27H27F3N2O2S. The maximum Gasteiger partial charge on any atom is 0.328 e. The molecule has 0 aliphatic carbocycles. The quantitative estimate of drug-likeness (QED) is 0.389. The van der Waals surface area contributed by atoms with E-state index in [4.69, 9.17) is 5.11 Å². The summed E-state index contributed by atoms with van der Waals surface area (Å²) >= 11 is 1.57. The van der Waals surface area contributed by atoms with Crippen LogP contribution in [-0.4, -0.2) is 39.2 Å². The van der Waals surface area contributed by atoms with E-state index < -0.39 is 29.3 Å². The number of aliphatic carboxylic acids is 1. The van der Waals surface area contributed by atoms with Crippen LogP contribution >= 0.6 is 11.3 Å². The lowest BCUT2D eigenvalue weighted by molar-refractivity contribution is -0.131. The molecule has 4 rings (SSSR count). The van der Waals surface area contributed by atoms with E-state index in [0.717, 1.165) is 50.9 Å². The van der Waals surface area contributed by atoms with Gasteiger partial charge in [-0.2, -0.15) is 0 Å². The van der Waals surface area contributed by atoms with Gasteiger partial charge in [0.2, 0.25) is 0 Å². The van der Waals surface area contributed by atoms with E-state index in [2.05, 4.69) is 4.98 Å². The molecule has 0 fully saturated rings. The van der Waals surface area contributed by atoms with E-state index in [9.17, 15) is 9.18 Å². The molecule has 2 aromatic carbocycles. The first-order valence-corrected chi connectivity index (χ1v) is 12.1. The summed E-state index contributed by atoms with van der Waals surface area (Å²) in [6.07, 6.45) is 4.39. The number of aromatic nitrogens is 1. The number of hydrogen-bond donors (Lipinski definition) is 1. The van der Waals surface area contributed by atoms with Gasteiger partial charge in [-0.3, -0.25) is 4.90 Å². The molecule has 0 saturated heterocycles. The van der Waals surface area contributed by atoms with Gasteiger partial charge in [-0.05, 0) is 80.6 Å². The summed E-state index contributed by atoms with van der Waals surface area (Å²) in [5.74, 6) is -2.82. The summed E-state index contributed by atoms with van der Waals surface area (Å²) in [4.78, 5) is 18.0. The van der Waals surface area contributed by atoms with Crippen molar-refractivity contribution < 1.29 is 23.1 Å². The van der Waals surface area contributed by atoms with Crippen LogP contribution in [-0.2, 0) is 11.2 Å². The maximum atomic E-state index is 15.4. The predicted molar refractivity (Wildman–Crippen MR) is 132 cm³/mol. The number of carbonyl (C=O) groups is 1. The number of nitrogens with zero attached hydrogens (tertiary/aromatic N) is 2. The summed E-state index contributed by atoms with van der Waals surface area (Å²) in [7, 11) is 0. The Morgan fingerprint density at radius 2 is 1.94 bits per heavy atom. The van der Waals surface area contributed by atoms with Crippen molar-refractivity contribution in [2.45, 2.75) is 51.9 Å². The number of halogens is 3. The number of carboxylic acid groups (broad SMARTS) is 1. The molecule has 1 N–H and O–H groups in total. The summed E-state index contributed by atoms with van der Waals surface area (Å²) in [6, 6.07) is 7.03. The van der Waals surface area contributed by atoms with Gasteiger partial charge in [0, 0.05) is 30.4 Å². The Balaban J connectivity index is 1.86. The average Bonchev–Trinajstić information content (AvgIpc) is 3.19. The first-order chi connectivity index (χ1) is 16.4. The lowest BCUT2D eigenvalue weighted by Gasteiger charge is -2.44. The molecule has 0 spiro atoms. The zero-order valence-corrected chi connectivity index (χ0v) is 20.8. The predicted octanol–water partition coefficient (Wildman–Crippen LogP) is 6.58. The van der Waals surface area contributed by atoms with Gasteiger partial charge in [-0.25, -0.2) is 22.9 Å². The number of hydrogen-bond acceptors (Lipinski definition) is 4. The van der Waals surface area contributed by atoms with Crippen LogP contribution in [0.5, 0.6) is 0 Å². The number of benzene rings is 2. The fourth-order valence-corrected chi connectivity index (χ4v) is 5.47. The van der Waals surface area contributed by atoms with Crippen molar-refractivity contribution in [1.29, 1.82) is 0 Å². The van der Waals surface area contributed by atoms with E-state index in [1.165, 1.54) is 13.8 Å². The molecule has 2 atom stereocenters. The van der Waals surface area contributed by atoms with Crippen molar-refractivity contribution >= 4 is 23.4 Å². The van der Waals surface area contributed by atoms with Crippen LogP contribution in [0.2, 0.25) is 0 Å². The van der Waals surface area contributed by atoms with Crippen LogP contribution in [0.4, 0.5) is 13.2 Å². The zero-order valence-electron chi connectivity index (χ0n) is 20.0. The highest BCUT2D eigenvalue weighted by molar-refractivity contribution is 7.15. The normalized spacial score (nSPS) is 18.7. The highest BCUT2D eigenvalue weighted by Crippen LogP contribution is 2.42. The Hall–Kier alpha value is -2.97. The highest BCUT2D eigenvalue weighted by atomic mass is 32.1. The van der Waals surface area contributed by atoms with Gasteiger partial charge in [0.05, 0.1) is 15.9 Å². The van der Waals surface area contributed by atoms with Gasteiger partial charge in [0.1, 0.15) is 17.3 Å². The van der Waals surface area contributed by atoms with Crippen molar-refractivity contribution in [2.24, 2.45) is 0 Å². The van der Waals surface area contributed by atoms with Crippen LogP contribution < -0.4 is 0 Å². The number of fused-ring (bicyclic) bond motifs is 1. The topological polar surface area (TPSA) is 53.4 Å². The Morgan fingerprint density at radius 1 is 1.26 bits per heavy atom. The van der Waals surface area contributed by atoms with E-state index in [-0.39, 0.29) is 23.7 Å². The summed E-state index contributed by atoms with van der Waals surface area (Å²) in [6.45, 7) is 6.77. The van der Waals surface area contributed by atoms with Crippen LogP contribution in [0, 0.1) is 18.6 Å². The molecule has 0 saturated carbocycles. The molecule has 1 aromatic heterocycles. The molecule has 1 unspecified atom stereocenters. The average molecular weight is 501 g/mol. The van der Waals surface area contributed by atoms with Crippen molar-refractivity contribution in [3.05, 3.63) is 81.5 Å². The molecule has 0 radical (unpaired) electrons. The minimum atomic E-state index is -1.58. The molecule has 2 heterocycles. The molecule has 0 amide bonds. The third-order valence-electron chi connectivity index (χ3n) is 6.11. The first kappa shape index (κ1) is 25.1. The first-order valence-electron chi connectivity index (χ1n) is 11.3. The second kappa shape index (κ2) is 9.59. The lowest BCUT2D eigenvalue weighted by Crippen LogP contribution is -2.48. The minimum Gasteiger partial charge on any atom is -0.478 e. The molecular weight excluding hydrogens is 473 g/mol. The Labute approximate surface area is 206 Å². The van der Waals surface area contributed by atoms with Crippen molar-refractivity contribution in [3.63, 3.8) is 0 Å². The van der Waals surface area contributed by atoms with Crippen LogP contribution in [0.1, 0.15) is 54.1 Å². The minimum absolute atomic E-state index is 0.00634.